The molecule has 1 saturated heterocycles. The molecule has 1 heterocycles. The summed E-state index contributed by atoms with van der Waals surface area (Å²) in [5, 5.41) is 5.19. The summed E-state index contributed by atoms with van der Waals surface area (Å²) >= 11 is 1.04. The number of methoxy groups -OCH3 is 2. The first-order valence-electron chi connectivity index (χ1n) is 6.25. The third-order valence-electron chi connectivity index (χ3n) is 2.80. The molecular weight excluding hydrogens is 308 g/mol. The molecule has 0 aliphatic carbocycles. The van der Waals surface area contributed by atoms with Gasteiger partial charge in [-0.2, -0.15) is 0 Å². The lowest BCUT2D eigenvalue weighted by molar-refractivity contribution is -0.135. The van der Waals surface area contributed by atoms with Gasteiger partial charge in [-0.1, -0.05) is 11.8 Å². The van der Waals surface area contributed by atoms with E-state index < -0.39 is 17.4 Å². The first-order valence-corrected chi connectivity index (χ1v) is 7.13. The van der Waals surface area contributed by atoms with Crippen LogP contribution in [0, 0.1) is 0 Å². The molecular formula is C14H14N2O5S. The van der Waals surface area contributed by atoms with Crippen LogP contribution in [0.1, 0.15) is 10.4 Å². The maximum Gasteiger partial charge on any atom is 0.331 e. The number of carbonyl (C=O) groups excluding carboxylic acids is 3. The van der Waals surface area contributed by atoms with Gasteiger partial charge >= 0.3 is 5.97 Å². The third-order valence-corrected chi connectivity index (χ3v) is 3.82. The van der Waals surface area contributed by atoms with E-state index in [2.05, 4.69) is 15.4 Å². The van der Waals surface area contributed by atoms with Crippen LogP contribution >= 0.6 is 11.8 Å². The molecule has 0 radical (unpaired) electrons. The predicted molar refractivity (Wildman–Crippen MR) is 80.1 cm³/mol. The van der Waals surface area contributed by atoms with Crippen LogP contribution in [0.3, 0.4) is 0 Å². The number of carbonyl (C=O) groups is 3. The Balaban J connectivity index is 1.99. The van der Waals surface area contributed by atoms with E-state index in [0.717, 1.165) is 17.8 Å². The normalized spacial score (nSPS) is 18.7. The number of esters is 1. The number of nitrogens with one attached hydrogen (secondary N) is 2. The summed E-state index contributed by atoms with van der Waals surface area (Å²) in [5.41, 5.74) is -0.209. The number of ether oxygens (including phenoxy) is 2. The largest absolute Gasteiger partial charge is 0.497 e. The van der Waals surface area contributed by atoms with Crippen molar-refractivity contribution in [2.45, 2.75) is 5.50 Å². The van der Waals surface area contributed by atoms with Gasteiger partial charge in [0.05, 0.1) is 19.1 Å². The number of rotatable bonds is 4. The van der Waals surface area contributed by atoms with Crippen LogP contribution in [-0.4, -0.2) is 37.5 Å². The monoisotopic (exact) mass is 322 g/mol. The Morgan fingerprint density at radius 2 is 1.95 bits per heavy atom. The van der Waals surface area contributed by atoms with Crippen LogP contribution in [0.5, 0.6) is 5.75 Å². The number of thioether (sulfide) groups is 1. The molecule has 8 heteroatoms. The van der Waals surface area contributed by atoms with Gasteiger partial charge in [0.25, 0.3) is 11.8 Å². The van der Waals surface area contributed by atoms with Crippen LogP contribution in [-0.2, 0) is 14.3 Å². The zero-order chi connectivity index (χ0) is 16.1. The van der Waals surface area contributed by atoms with E-state index in [1.54, 1.807) is 24.3 Å². The van der Waals surface area contributed by atoms with Crippen LogP contribution in [0.25, 0.3) is 0 Å². The molecule has 1 aliphatic heterocycles. The van der Waals surface area contributed by atoms with Crippen molar-refractivity contribution in [3.63, 3.8) is 0 Å². The summed E-state index contributed by atoms with van der Waals surface area (Å²) < 4.78 is 9.47. The number of amides is 2. The summed E-state index contributed by atoms with van der Waals surface area (Å²) in [4.78, 5) is 35.0. The average molecular weight is 322 g/mol. The van der Waals surface area contributed by atoms with Gasteiger partial charge in [-0.15, -0.1) is 0 Å². The molecule has 0 aromatic heterocycles. The Hall–Kier alpha value is -2.48. The lowest BCUT2D eigenvalue weighted by Gasteiger charge is -2.11. The van der Waals surface area contributed by atoms with E-state index in [4.69, 9.17) is 4.74 Å². The molecule has 22 heavy (non-hydrogen) atoms. The molecule has 1 fully saturated rings. The Morgan fingerprint density at radius 3 is 2.55 bits per heavy atom. The van der Waals surface area contributed by atoms with Crippen molar-refractivity contribution in [3.8, 4) is 5.75 Å². The highest BCUT2D eigenvalue weighted by Gasteiger charge is 2.29. The molecule has 1 aromatic rings. The number of benzene rings is 1. The standard InChI is InChI=1S/C14H14N2O5S/c1-20-9-5-3-8(4-6-9)12(18)15-14-16-13(19)10(22-14)7-11(17)21-2/h3-7,14H,1-2H3,(H,15,18)(H,16,19)/b10-7-/t14-/m1/s1. The van der Waals surface area contributed by atoms with Gasteiger partial charge in [0.1, 0.15) is 5.75 Å². The predicted octanol–water partition coefficient (Wildman–Crippen LogP) is 0.628. The molecule has 1 atom stereocenters. The topological polar surface area (TPSA) is 93.7 Å². The molecule has 2 amide bonds. The second kappa shape index (κ2) is 6.99. The van der Waals surface area contributed by atoms with E-state index in [-0.39, 0.29) is 10.8 Å². The Morgan fingerprint density at radius 1 is 1.27 bits per heavy atom. The maximum absolute atomic E-state index is 12.1. The third kappa shape index (κ3) is 3.79. The molecule has 2 rings (SSSR count). The van der Waals surface area contributed by atoms with Gasteiger partial charge in [-0.05, 0) is 24.3 Å². The van der Waals surface area contributed by atoms with Crippen molar-refractivity contribution in [1.29, 1.82) is 0 Å². The molecule has 0 spiro atoms. The fourth-order valence-electron chi connectivity index (χ4n) is 1.68. The SMILES string of the molecule is COC(=O)/C=C1\S[C@H](NC(=O)c2ccc(OC)cc2)NC1=O. The molecule has 0 saturated carbocycles. The van der Waals surface area contributed by atoms with Crippen molar-refractivity contribution >= 4 is 29.5 Å². The number of hydrogen-bond acceptors (Lipinski definition) is 6. The first kappa shape index (κ1) is 15.9. The van der Waals surface area contributed by atoms with E-state index in [0.29, 0.717) is 11.3 Å². The zero-order valence-corrected chi connectivity index (χ0v) is 12.7. The average Bonchev–Trinajstić information content (AvgIpc) is 2.86. The Kier molecular flexibility index (Phi) is 5.05. The summed E-state index contributed by atoms with van der Waals surface area (Å²) in [7, 11) is 2.76. The first-order chi connectivity index (χ1) is 10.5. The minimum atomic E-state index is -0.641. The maximum atomic E-state index is 12.1. The molecule has 116 valence electrons. The van der Waals surface area contributed by atoms with Gasteiger partial charge in [-0.25, -0.2) is 4.79 Å². The molecule has 2 N–H and O–H groups in total. The van der Waals surface area contributed by atoms with E-state index in [1.807, 2.05) is 0 Å². The van der Waals surface area contributed by atoms with Crippen molar-refractivity contribution in [2.75, 3.05) is 14.2 Å². The highest BCUT2D eigenvalue weighted by molar-refractivity contribution is 8.05. The van der Waals surface area contributed by atoms with Crippen LogP contribution in [0.4, 0.5) is 0 Å². The van der Waals surface area contributed by atoms with Gasteiger partial charge in [0.2, 0.25) is 0 Å². The molecule has 1 aliphatic rings. The van der Waals surface area contributed by atoms with E-state index >= 15 is 0 Å². The Bertz CT molecular complexity index is 627. The molecule has 1 aromatic carbocycles. The van der Waals surface area contributed by atoms with Crippen molar-refractivity contribution in [3.05, 3.63) is 40.8 Å². The fourth-order valence-corrected chi connectivity index (χ4v) is 2.59. The fraction of sp³-hybridized carbons (Fsp3) is 0.214. The Labute approximate surface area is 131 Å². The van der Waals surface area contributed by atoms with Gasteiger partial charge in [-0.3, -0.25) is 9.59 Å². The van der Waals surface area contributed by atoms with Crippen molar-refractivity contribution in [2.24, 2.45) is 0 Å². The smallest absolute Gasteiger partial charge is 0.331 e. The van der Waals surface area contributed by atoms with Gasteiger partial charge in [0, 0.05) is 11.6 Å². The molecule has 0 bridgehead atoms. The van der Waals surface area contributed by atoms with Crippen LogP contribution in [0.2, 0.25) is 0 Å². The highest BCUT2D eigenvalue weighted by Crippen LogP contribution is 2.26. The van der Waals surface area contributed by atoms with Gasteiger partial charge < -0.3 is 20.1 Å². The van der Waals surface area contributed by atoms with E-state index in [9.17, 15) is 14.4 Å². The minimum Gasteiger partial charge on any atom is -0.497 e. The summed E-state index contributed by atoms with van der Waals surface area (Å²) in [6, 6.07) is 6.55. The van der Waals surface area contributed by atoms with Crippen LogP contribution in [0.15, 0.2) is 35.2 Å². The lowest BCUT2D eigenvalue weighted by Crippen LogP contribution is -2.41. The second-order valence-corrected chi connectivity index (χ2v) is 5.35. The zero-order valence-electron chi connectivity index (χ0n) is 11.9. The summed E-state index contributed by atoms with van der Waals surface area (Å²) in [5.74, 6) is -0.765. The minimum absolute atomic E-state index is 0.187. The van der Waals surface area contributed by atoms with Crippen molar-refractivity contribution in [1.82, 2.24) is 10.6 Å². The summed E-state index contributed by atoms with van der Waals surface area (Å²) in [6.45, 7) is 0. The summed E-state index contributed by atoms with van der Waals surface area (Å²) in [6.07, 6.45) is 1.08. The highest BCUT2D eigenvalue weighted by atomic mass is 32.2. The second-order valence-electron chi connectivity index (χ2n) is 4.21. The molecule has 0 unspecified atom stereocenters. The quantitative estimate of drug-likeness (QED) is 0.624. The van der Waals surface area contributed by atoms with Crippen LogP contribution < -0.4 is 15.4 Å². The molecule has 7 nitrogen and oxygen atoms in total. The van der Waals surface area contributed by atoms with Crippen molar-refractivity contribution < 1.29 is 23.9 Å². The lowest BCUT2D eigenvalue weighted by atomic mass is 10.2. The van der Waals surface area contributed by atoms with Gasteiger partial charge in [0.15, 0.2) is 5.50 Å². The number of hydrogen-bond donors (Lipinski definition) is 2. The van der Waals surface area contributed by atoms with E-state index in [1.165, 1.54) is 14.2 Å².